The molecule has 2 aliphatic rings. The van der Waals surface area contributed by atoms with E-state index in [2.05, 4.69) is 5.32 Å². The van der Waals surface area contributed by atoms with Gasteiger partial charge in [0.05, 0.1) is 6.54 Å². The fraction of sp³-hybridized carbons (Fsp3) is 0.571. The summed E-state index contributed by atoms with van der Waals surface area (Å²) in [6.45, 7) is 6.23. The number of hydrogen-bond acceptors (Lipinski definition) is 4. The Hall–Kier alpha value is -2.57. The topological polar surface area (TPSA) is 79.0 Å². The van der Waals surface area contributed by atoms with Crippen LogP contribution in [0.3, 0.4) is 0 Å². The summed E-state index contributed by atoms with van der Waals surface area (Å²) in [7, 11) is 1.55. The van der Waals surface area contributed by atoms with E-state index >= 15 is 0 Å². The van der Waals surface area contributed by atoms with E-state index in [1.54, 1.807) is 16.8 Å². The zero-order valence-corrected chi connectivity index (χ0v) is 17.1. The highest BCUT2D eigenvalue weighted by Crippen LogP contribution is 2.39. The van der Waals surface area contributed by atoms with Gasteiger partial charge in [-0.2, -0.15) is 0 Å². The number of nitrogens with one attached hydrogen (secondary N) is 1. The van der Waals surface area contributed by atoms with Crippen molar-refractivity contribution in [3.63, 3.8) is 0 Å². The van der Waals surface area contributed by atoms with E-state index in [1.165, 1.54) is 0 Å². The lowest BCUT2D eigenvalue weighted by molar-refractivity contribution is -0.145. The number of carbonyl (C=O) groups excluding carboxylic acids is 3. The van der Waals surface area contributed by atoms with E-state index in [0.29, 0.717) is 25.9 Å². The molecule has 2 heterocycles. The second kappa shape index (κ2) is 7.45. The van der Waals surface area contributed by atoms with Crippen molar-refractivity contribution >= 4 is 17.9 Å². The van der Waals surface area contributed by atoms with E-state index in [1.807, 2.05) is 45.0 Å². The lowest BCUT2D eigenvalue weighted by Gasteiger charge is -2.39. The summed E-state index contributed by atoms with van der Waals surface area (Å²) in [5, 5.41) is 2.58. The van der Waals surface area contributed by atoms with Crippen molar-refractivity contribution in [1.29, 1.82) is 0 Å². The summed E-state index contributed by atoms with van der Waals surface area (Å²) in [4.78, 5) is 41.8. The number of fused-ring (bicyclic) bond motifs is 1. The van der Waals surface area contributed by atoms with E-state index < -0.39 is 17.2 Å². The Kier molecular flexibility index (Phi) is 5.37. The molecule has 1 spiro atoms. The largest absolute Gasteiger partial charge is 0.444 e. The van der Waals surface area contributed by atoms with Gasteiger partial charge < -0.3 is 15.0 Å². The number of carbonyl (C=O) groups is 3. The number of benzene rings is 1. The third kappa shape index (κ3) is 3.84. The number of rotatable bonds is 2. The van der Waals surface area contributed by atoms with Crippen LogP contribution in [0, 0.1) is 0 Å². The zero-order chi connectivity index (χ0) is 20.5. The van der Waals surface area contributed by atoms with Crippen molar-refractivity contribution < 1.29 is 19.1 Å². The zero-order valence-electron chi connectivity index (χ0n) is 17.1. The molecule has 28 heavy (non-hydrogen) atoms. The van der Waals surface area contributed by atoms with Gasteiger partial charge >= 0.3 is 6.09 Å². The van der Waals surface area contributed by atoms with Crippen molar-refractivity contribution in [2.45, 2.75) is 57.7 Å². The van der Waals surface area contributed by atoms with Gasteiger partial charge in [-0.25, -0.2) is 4.79 Å². The third-order valence-electron chi connectivity index (χ3n) is 5.36. The van der Waals surface area contributed by atoms with Gasteiger partial charge in [-0.1, -0.05) is 24.3 Å². The summed E-state index contributed by atoms with van der Waals surface area (Å²) in [5.41, 5.74) is 0.385. The monoisotopic (exact) mass is 387 g/mol. The van der Waals surface area contributed by atoms with Crippen LogP contribution in [0.2, 0.25) is 0 Å². The van der Waals surface area contributed by atoms with Crippen LogP contribution >= 0.6 is 0 Å². The number of likely N-dealkylation sites (N-methyl/N-ethyl adjacent to an activating group) is 1. The van der Waals surface area contributed by atoms with Crippen LogP contribution in [0.4, 0.5) is 4.79 Å². The van der Waals surface area contributed by atoms with Gasteiger partial charge in [0, 0.05) is 26.6 Å². The minimum absolute atomic E-state index is 0.0342. The van der Waals surface area contributed by atoms with Crippen LogP contribution in [0.15, 0.2) is 24.3 Å². The summed E-state index contributed by atoms with van der Waals surface area (Å²) in [6, 6.07) is 7.85. The smallest absolute Gasteiger partial charge is 0.411 e. The van der Waals surface area contributed by atoms with Crippen LogP contribution in [0.25, 0.3) is 0 Å². The second-order valence-electron chi connectivity index (χ2n) is 8.55. The molecule has 7 heteroatoms. The van der Waals surface area contributed by atoms with Crippen LogP contribution < -0.4 is 5.32 Å². The number of nitrogens with zero attached hydrogens (tertiary/aromatic N) is 2. The van der Waals surface area contributed by atoms with Gasteiger partial charge in [0.2, 0.25) is 11.8 Å². The molecule has 3 amide bonds. The predicted octanol–water partition coefficient (Wildman–Crippen LogP) is 2.09. The molecule has 1 aromatic rings. The van der Waals surface area contributed by atoms with Crippen molar-refractivity contribution in [3.05, 3.63) is 35.4 Å². The first-order chi connectivity index (χ1) is 13.2. The van der Waals surface area contributed by atoms with E-state index in [0.717, 1.165) is 17.5 Å². The first kappa shape index (κ1) is 20.2. The number of likely N-dealkylation sites (tertiary alicyclic amines) is 1. The fourth-order valence-corrected chi connectivity index (χ4v) is 4.09. The fourth-order valence-electron chi connectivity index (χ4n) is 4.09. The maximum absolute atomic E-state index is 13.7. The van der Waals surface area contributed by atoms with E-state index in [9.17, 15) is 14.4 Å². The Morgan fingerprint density at radius 2 is 1.89 bits per heavy atom. The molecule has 1 fully saturated rings. The molecule has 0 saturated carbocycles. The molecule has 2 aliphatic heterocycles. The summed E-state index contributed by atoms with van der Waals surface area (Å²) in [6.07, 6.45) is 1.24. The Labute approximate surface area is 166 Å². The molecule has 1 atom stereocenters. The molecule has 1 N–H and O–H groups in total. The molecule has 1 saturated heterocycles. The summed E-state index contributed by atoms with van der Waals surface area (Å²) in [5.74, 6) is -0.416. The number of ether oxygens (including phenoxy) is 1. The molecular weight excluding hydrogens is 358 g/mol. The molecule has 0 aromatic heterocycles. The Bertz CT molecular complexity index is 786. The lowest BCUT2D eigenvalue weighted by Crippen LogP contribution is -2.60. The van der Waals surface area contributed by atoms with Crippen LogP contribution in [0.5, 0.6) is 0 Å². The van der Waals surface area contributed by atoms with Gasteiger partial charge in [0.25, 0.3) is 0 Å². The van der Waals surface area contributed by atoms with Crippen molar-refractivity contribution in [3.8, 4) is 0 Å². The average Bonchev–Trinajstić information content (AvgIpc) is 3.00. The summed E-state index contributed by atoms with van der Waals surface area (Å²) < 4.78 is 5.60. The van der Waals surface area contributed by atoms with Gasteiger partial charge in [-0.05, 0) is 44.7 Å². The minimum Gasteiger partial charge on any atom is -0.444 e. The van der Waals surface area contributed by atoms with Crippen molar-refractivity contribution in [2.24, 2.45) is 0 Å². The normalized spacial score (nSPS) is 22.1. The van der Waals surface area contributed by atoms with Gasteiger partial charge in [0.15, 0.2) is 0 Å². The van der Waals surface area contributed by atoms with Gasteiger partial charge in [-0.3, -0.25) is 14.5 Å². The highest BCUT2D eigenvalue weighted by Gasteiger charge is 2.53. The molecule has 152 valence electrons. The lowest BCUT2D eigenvalue weighted by atomic mass is 9.87. The van der Waals surface area contributed by atoms with E-state index in [-0.39, 0.29) is 18.4 Å². The maximum atomic E-state index is 13.7. The molecule has 0 bridgehead atoms. The Morgan fingerprint density at radius 3 is 2.54 bits per heavy atom. The first-order valence-corrected chi connectivity index (χ1v) is 9.74. The van der Waals surface area contributed by atoms with E-state index in [4.69, 9.17) is 4.74 Å². The quantitative estimate of drug-likeness (QED) is 0.843. The first-order valence-electron chi connectivity index (χ1n) is 9.74. The Morgan fingerprint density at radius 1 is 1.21 bits per heavy atom. The second-order valence-corrected chi connectivity index (χ2v) is 8.55. The SMILES string of the molecule is CNC(=O)CN1Cc2ccccc2CC2(CCCN2C(=O)OC(C)(C)C)C1=O. The third-order valence-corrected chi connectivity index (χ3v) is 5.36. The molecular formula is C21H29N3O4. The van der Waals surface area contributed by atoms with Crippen LogP contribution in [-0.2, 0) is 27.3 Å². The minimum atomic E-state index is -1.01. The van der Waals surface area contributed by atoms with Crippen molar-refractivity contribution in [2.75, 3.05) is 20.1 Å². The molecule has 0 aliphatic carbocycles. The molecule has 0 radical (unpaired) electrons. The molecule has 1 unspecified atom stereocenters. The summed E-state index contributed by atoms with van der Waals surface area (Å²) >= 11 is 0. The van der Waals surface area contributed by atoms with Crippen LogP contribution in [0.1, 0.15) is 44.7 Å². The standard InChI is InChI=1S/C21H29N3O4/c1-20(2,3)28-19(27)24-11-7-10-21(24)12-15-8-5-6-9-16(15)13-23(18(21)26)14-17(25)22-4/h5-6,8-9H,7,10-14H2,1-4H3,(H,22,25). The maximum Gasteiger partial charge on any atom is 0.411 e. The Balaban J connectivity index is 2.02. The van der Waals surface area contributed by atoms with Gasteiger partial charge in [0.1, 0.15) is 11.1 Å². The highest BCUT2D eigenvalue weighted by atomic mass is 16.6. The van der Waals surface area contributed by atoms with Crippen molar-refractivity contribution in [1.82, 2.24) is 15.1 Å². The predicted molar refractivity (Wildman–Crippen MR) is 105 cm³/mol. The molecule has 3 rings (SSSR count). The molecule has 1 aromatic carbocycles. The average molecular weight is 387 g/mol. The van der Waals surface area contributed by atoms with Crippen LogP contribution in [-0.4, -0.2) is 59.0 Å². The number of hydrogen-bond donors (Lipinski definition) is 1. The molecule has 7 nitrogen and oxygen atoms in total. The number of amides is 3. The van der Waals surface area contributed by atoms with Gasteiger partial charge in [-0.15, -0.1) is 0 Å². The highest BCUT2D eigenvalue weighted by molar-refractivity contribution is 5.94.